The molecule has 2 amide bonds. The Kier molecular flexibility index (Phi) is 5.93. The number of rotatable bonds is 4. The Morgan fingerprint density at radius 2 is 2.13 bits per heavy atom. The summed E-state index contributed by atoms with van der Waals surface area (Å²) in [5.41, 5.74) is 6.11. The van der Waals surface area contributed by atoms with Gasteiger partial charge < -0.3 is 24.8 Å². The molecule has 31 heavy (non-hydrogen) atoms. The number of anilines is 1. The number of likely N-dealkylation sites (N-methyl/N-ethyl adjacent to an activating group) is 1. The number of nitrogens with one attached hydrogen (secondary N) is 3. The van der Waals surface area contributed by atoms with E-state index >= 15 is 0 Å². The van der Waals surface area contributed by atoms with Gasteiger partial charge in [-0.05, 0) is 34.7 Å². The highest BCUT2D eigenvalue weighted by Crippen LogP contribution is 2.38. The predicted octanol–water partition coefficient (Wildman–Crippen LogP) is 0.695. The van der Waals surface area contributed by atoms with Crippen molar-refractivity contribution in [1.29, 1.82) is 0 Å². The van der Waals surface area contributed by atoms with Gasteiger partial charge in [0.1, 0.15) is 0 Å². The molecule has 4 atom stereocenters. The maximum Gasteiger partial charge on any atom is 0.320 e. The largest absolute Gasteiger partial charge is 0.464 e. The van der Waals surface area contributed by atoms with Crippen LogP contribution in [0.5, 0.6) is 6.01 Å². The first-order valence-electron chi connectivity index (χ1n) is 10.9. The predicted molar refractivity (Wildman–Crippen MR) is 114 cm³/mol. The zero-order chi connectivity index (χ0) is 22.3. The van der Waals surface area contributed by atoms with E-state index in [1.165, 1.54) is 0 Å². The second-order valence-corrected chi connectivity index (χ2v) is 9.16. The number of aromatic nitrogens is 2. The van der Waals surface area contributed by atoms with E-state index in [2.05, 4.69) is 58.9 Å². The van der Waals surface area contributed by atoms with Gasteiger partial charge in [0, 0.05) is 38.1 Å². The molecule has 0 radical (unpaired) electrons. The van der Waals surface area contributed by atoms with Gasteiger partial charge in [0.2, 0.25) is 0 Å². The van der Waals surface area contributed by atoms with Crippen molar-refractivity contribution in [2.75, 3.05) is 45.2 Å². The molecule has 0 bridgehead atoms. The molecule has 0 spiro atoms. The van der Waals surface area contributed by atoms with E-state index in [4.69, 9.17) is 4.74 Å². The van der Waals surface area contributed by atoms with Crippen molar-refractivity contribution < 1.29 is 13.9 Å². The maximum absolute atomic E-state index is 14.3. The molecule has 3 saturated heterocycles. The molecular weight excluding hydrogens is 403 g/mol. The van der Waals surface area contributed by atoms with Crippen molar-refractivity contribution in [3.05, 3.63) is 12.0 Å². The van der Waals surface area contributed by atoms with Crippen molar-refractivity contribution in [1.82, 2.24) is 35.5 Å². The summed E-state index contributed by atoms with van der Waals surface area (Å²) in [7, 11) is 2.09. The minimum absolute atomic E-state index is 0.00935. The molecular formula is C20H33FN8O2. The normalized spacial score (nSPS) is 30.4. The quantitative estimate of drug-likeness (QED) is 0.635. The Hall–Kier alpha value is -2.24. The third-order valence-corrected chi connectivity index (χ3v) is 6.85. The van der Waals surface area contributed by atoms with Gasteiger partial charge in [-0.3, -0.25) is 5.43 Å². The minimum atomic E-state index is -0.551. The van der Waals surface area contributed by atoms with Crippen LogP contribution in [-0.2, 0) is 0 Å². The van der Waals surface area contributed by atoms with Gasteiger partial charge in [-0.2, -0.15) is 4.98 Å². The van der Waals surface area contributed by atoms with Crippen molar-refractivity contribution >= 4 is 11.8 Å². The molecule has 4 heterocycles. The first-order chi connectivity index (χ1) is 14.7. The SMILES string of the molecule is CCOc1ncc(F)c(NC2NNC3C2CN(C(=O)N2CCN(C)C(C)C2)C3(C)C)n1. The van der Waals surface area contributed by atoms with Crippen LogP contribution in [0.1, 0.15) is 27.7 Å². The number of hydrogen-bond acceptors (Lipinski definition) is 8. The number of amides is 2. The number of piperazine rings is 1. The number of hydrazine groups is 1. The molecule has 1 aromatic rings. The fraction of sp³-hybridized carbons (Fsp3) is 0.750. The number of halogens is 1. The first kappa shape index (κ1) is 22.0. The van der Waals surface area contributed by atoms with Crippen LogP contribution in [0.25, 0.3) is 0 Å². The summed E-state index contributed by atoms with van der Waals surface area (Å²) < 4.78 is 19.6. The summed E-state index contributed by atoms with van der Waals surface area (Å²) in [6, 6.07) is 0.529. The highest BCUT2D eigenvalue weighted by molar-refractivity contribution is 5.76. The van der Waals surface area contributed by atoms with E-state index in [0.717, 1.165) is 25.8 Å². The molecule has 0 aliphatic carbocycles. The van der Waals surface area contributed by atoms with E-state index < -0.39 is 11.4 Å². The topological polar surface area (TPSA) is 97.9 Å². The van der Waals surface area contributed by atoms with Crippen LogP contribution in [0.2, 0.25) is 0 Å². The van der Waals surface area contributed by atoms with Gasteiger partial charge >= 0.3 is 12.0 Å². The van der Waals surface area contributed by atoms with Crippen LogP contribution in [0, 0.1) is 11.7 Å². The monoisotopic (exact) mass is 436 g/mol. The number of likely N-dealkylation sites (tertiary alicyclic amines) is 1. The summed E-state index contributed by atoms with van der Waals surface area (Å²) >= 11 is 0. The van der Waals surface area contributed by atoms with Gasteiger partial charge in [-0.25, -0.2) is 19.6 Å². The number of urea groups is 1. The second-order valence-electron chi connectivity index (χ2n) is 9.16. The lowest BCUT2D eigenvalue weighted by Gasteiger charge is -2.43. The maximum atomic E-state index is 14.3. The number of hydrogen-bond donors (Lipinski definition) is 3. The lowest BCUT2D eigenvalue weighted by atomic mass is 9.90. The van der Waals surface area contributed by atoms with Crippen LogP contribution in [0.15, 0.2) is 6.20 Å². The van der Waals surface area contributed by atoms with Gasteiger partial charge in [0.05, 0.1) is 30.6 Å². The molecule has 10 nitrogen and oxygen atoms in total. The van der Waals surface area contributed by atoms with Gasteiger partial charge in [-0.15, -0.1) is 0 Å². The standard InChI is InChI=1S/C20H33FN8O2/c1-6-31-18-22-9-14(21)17(24-18)23-16-13-11-29(20(3,4)15(13)25-26-16)19(30)28-8-7-27(5)12(2)10-28/h9,12-13,15-16,25-26H,6-8,10-11H2,1-5H3,(H,22,23,24). The zero-order valence-electron chi connectivity index (χ0n) is 18.9. The van der Waals surface area contributed by atoms with E-state index in [1.807, 2.05) is 16.7 Å². The van der Waals surface area contributed by atoms with E-state index in [1.54, 1.807) is 0 Å². The Bertz CT molecular complexity index is 824. The third kappa shape index (κ3) is 4.01. The molecule has 3 aliphatic rings. The van der Waals surface area contributed by atoms with Gasteiger partial charge in [0.25, 0.3) is 0 Å². The number of ether oxygens (including phenoxy) is 1. The molecule has 3 fully saturated rings. The average molecular weight is 437 g/mol. The minimum Gasteiger partial charge on any atom is -0.464 e. The number of fused-ring (bicyclic) bond motifs is 1. The highest BCUT2D eigenvalue weighted by Gasteiger charge is 2.56. The van der Waals surface area contributed by atoms with Gasteiger partial charge in [-0.1, -0.05) is 0 Å². The van der Waals surface area contributed by atoms with Crippen molar-refractivity contribution in [2.24, 2.45) is 5.92 Å². The Labute approximate surface area is 182 Å². The summed E-state index contributed by atoms with van der Waals surface area (Å²) in [4.78, 5) is 27.6. The number of carbonyl (C=O) groups excluding carboxylic acids is 1. The first-order valence-corrected chi connectivity index (χ1v) is 10.9. The molecule has 0 aromatic carbocycles. The Balaban J connectivity index is 1.48. The Morgan fingerprint density at radius 3 is 2.84 bits per heavy atom. The smallest absolute Gasteiger partial charge is 0.320 e. The van der Waals surface area contributed by atoms with Gasteiger partial charge in [0.15, 0.2) is 11.6 Å². The van der Waals surface area contributed by atoms with E-state index in [0.29, 0.717) is 19.2 Å². The summed E-state index contributed by atoms with van der Waals surface area (Å²) in [6.07, 6.45) is 0.802. The van der Waals surface area contributed by atoms with Crippen LogP contribution < -0.4 is 20.9 Å². The second kappa shape index (κ2) is 8.36. The van der Waals surface area contributed by atoms with Crippen molar-refractivity contribution in [3.8, 4) is 6.01 Å². The van der Waals surface area contributed by atoms with Crippen molar-refractivity contribution in [2.45, 2.75) is 51.5 Å². The lowest BCUT2D eigenvalue weighted by Crippen LogP contribution is -2.60. The summed E-state index contributed by atoms with van der Waals surface area (Å²) in [5, 5.41) is 3.13. The van der Waals surface area contributed by atoms with Crippen molar-refractivity contribution in [3.63, 3.8) is 0 Å². The average Bonchev–Trinajstić information content (AvgIpc) is 3.24. The molecule has 4 unspecified atom stereocenters. The molecule has 3 aliphatic heterocycles. The lowest BCUT2D eigenvalue weighted by molar-refractivity contribution is 0.0770. The fourth-order valence-electron chi connectivity index (χ4n) is 4.77. The van der Waals surface area contributed by atoms with E-state index in [9.17, 15) is 9.18 Å². The van der Waals surface area contributed by atoms with Crippen LogP contribution in [0.4, 0.5) is 15.0 Å². The van der Waals surface area contributed by atoms with Crippen LogP contribution in [-0.4, -0.2) is 94.3 Å². The molecule has 0 saturated carbocycles. The fourth-order valence-corrected chi connectivity index (χ4v) is 4.77. The van der Waals surface area contributed by atoms with E-state index in [-0.39, 0.29) is 36.0 Å². The number of nitrogens with zero attached hydrogens (tertiary/aromatic N) is 5. The highest BCUT2D eigenvalue weighted by atomic mass is 19.1. The summed E-state index contributed by atoms with van der Waals surface area (Å²) in [5.74, 6) is -0.437. The molecule has 4 rings (SSSR count). The van der Waals surface area contributed by atoms with Crippen LogP contribution in [0.3, 0.4) is 0 Å². The molecule has 11 heteroatoms. The molecule has 1 aromatic heterocycles. The molecule has 172 valence electrons. The summed E-state index contributed by atoms with van der Waals surface area (Å²) in [6.45, 7) is 11.4. The zero-order valence-corrected chi connectivity index (χ0v) is 18.9. The van der Waals surface area contributed by atoms with Crippen LogP contribution >= 0.6 is 0 Å². The third-order valence-electron chi connectivity index (χ3n) is 6.85. The molecule has 3 N–H and O–H groups in total. The number of carbonyl (C=O) groups is 1. The Morgan fingerprint density at radius 1 is 1.35 bits per heavy atom.